The third-order valence-corrected chi connectivity index (χ3v) is 5.30. The van der Waals surface area contributed by atoms with Gasteiger partial charge in [0.2, 0.25) is 5.88 Å². The molecule has 0 spiro atoms. The van der Waals surface area contributed by atoms with Gasteiger partial charge < -0.3 is 15.0 Å². The molecule has 0 aromatic carbocycles. The van der Waals surface area contributed by atoms with Crippen LogP contribution in [0.5, 0.6) is 5.88 Å². The number of fused-ring (bicyclic) bond motifs is 1. The lowest BCUT2D eigenvalue weighted by molar-refractivity contribution is -0.142. The molecule has 1 fully saturated rings. The topological polar surface area (TPSA) is 93.5 Å². The van der Waals surface area contributed by atoms with E-state index in [-0.39, 0.29) is 6.10 Å². The molecule has 0 bridgehead atoms. The monoisotopic (exact) mass is 443 g/mol. The van der Waals surface area contributed by atoms with E-state index in [1.807, 2.05) is 6.07 Å². The Labute approximate surface area is 180 Å². The minimum Gasteiger partial charge on any atom is -0.473 e. The van der Waals surface area contributed by atoms with E-state index < -0.39 is 12.7 Å². The van der Waals surface area contributed by atoms with Crippen molar-refractivity contribution in [3.05, 3.63) is 43.2 Å². The summed E-state index contributed by atoms with van der Waals surface area (Å²) in [5.74, 6) is 0.460. The van der Waals surface area contributed by atoms with Gasteiger partial charge in [-0.05, 0) is 32.0 Å². The summed E-state index contributed by atoms with van der Waals surface area (Å²) >= 11 is 0. The lowest BCUT2D eigenvalue weighted by atomic mass is 10.1. The van der Waals surface area contributed by atoms with Gasteiger partial charge in [0.05, 0.1) is 24.3 Å². The van der Waals surface area contributed by atoms with Crippen LogP contribution in [0.15, 0.2) is 43.2 Å². The molecule has 0 unspecified atom stereocenters. The normalized spacial score (nSPS) is 15.3. The van der Waals surface area contributed by atoms with Crippen molar-refractivity contribution in [1.82, 2.24) is 35.0 Å². The summed E-state index contributed by atoms with van der Waals surface area (Å²) in [4.78, 5) is 16.4. The first-order chi connectivity index (χ1) is 15.4. The number of piperidine rings is 1. The molecule has 5 heterocycles. The second-order valence-corrected chi connectivity index (χ2v) is 7.67. The molecular formula is C21H20F3N7O. The fraction of sp³-hybridized carbons (Fsp3) is 0.333. The fourth-order valence-electron chi connectivity index (χ4n) is 3.77. The Morgan fingerprint density at radius 3 is 2.75 bits per heavy atom. The average molecular weight is 443 g/mol. The highest BCUT2D eigenvalue weighted by molar-refractivity contribution is 5.94. The van der Waals surface area contributed by atoms with Crippen molar-refractivity contribution in [1.29, 1.82) is 0 Å². The number of H-pyrrole nitrogens is 1. The molecule has 1 aliphatic rings. The summed E-state index contributed by atoms with van der Waals surface area (Å²) in [5.41, 5.74) is 3.24. The van der Waals surface area contributed by atoms with E-state index >= 15 is 0 Å². The summed E-state index contributed by atoms with van der Waals surface area (Å²) in [5, 5.41) is 7.89. The smallest absolute Gasteiger partial charge is 0.408 e. The molecule has 0 aliphatic carbocycles. The highest BCUT2D eigenvalue weighted by Crippen LogP contribution is 2.31. The van der Waals surface area contributed by atoms with Crippen LogP contribution in [0.1, 0.15) is 12.8 Å². The molecule has 0 atom stereocenters. The van der Waals surface area contributed by atoms with Crippen LogP contribution in [0.25, 0.3) is 33.4 Å². The van der Waals surface area contributed by atoms with E-state index in [0.29, 0.717) is 28.3 Å². The second kappa shape index (κ2) is 8.23. The number of nitrogens with zero attached hydrogens (tertiary/aromatic N) is 5. The number of rotatable bonds is 5. The van der Waals surface area contributed by atoms with Crippen LogP contribution in [0, 0.1) is 0 Å². The molecule has 0 radical (unpaired) electrons. The van der Waals surface area contributed by atoms with Crippen molar-refractivity contribution in [2.24, 2.45) is 0 Å². The van der Waals surface area contributed by atoms with Crippen molar-refractivity contribution in [2.45, 2.75) is 31.7 Å². The minimum atomic E-state index is -4.33. The van der Waals surface area contributed by atoms with E-state index in [1.54, 1.807) is 24.8 Å². The van der Waals surface area contributed by atoms with Crippen molar-refractivity contribution >= 4 is 11.0 Å². The Morgan fingerprint density at radius 1 is 1.09 bits per heavy atom. The zero-order valence-corrected chi connectivity index (χ0v) is 16.9. The van der Waals surface area contributed by atoms with E-state index in [1.165, 1.54) is 12.4 Å². The van der Waals surface area contributed by atoms with E-state index in [9.17, 15) is 13.2 Å². The molecule has 2 N–H and O–H groups in total. The first-order valence-electron chi connectivity index (χ1n) is 10.2. The molecule has 0 amide bonds. The van der Waals surface area contributed by atoms with E-state index in [0.717, 1.165) is 41.6 Å². The number of ether oxygens (including phenoxy) is 1. The number of alkyl halides is 3. The molecule has 4 aromatic rings. The molecule has 32 heavy (non-hydrogen) atoms. The summed E-state index contributed by atoms with van der Waals surface area (Å²) in [6.07, 6.45) is 6.97. The highest BCUT2D eigenvalue weighted by atomic mass is 19.4. The number of hydrogen-bond acceptors (Lipinski definition) is 6. The first kappa shape index (κ1) is 20.4. The first-order valence-corrected chi connectivity index (χ1v) is 10.2. The van der Waals surface area contributed by atoms with Crippen molar-refractivity contribution in [3.8, 4) is 28.3 Å². The molecular weight excluding hydrogens is 423 g/mol. The Balaban J connectivity index is 1.44. The van der Waals surface area contributed by atoms with Gasteiger partial charge in [0.15, 0.2) is 0 Å². The molecule has 8 nitrogen and oxygen atoms in total. The lowest BCUT2D eigenvalue weighted by Crippen LogP contribution is -2.34. The van der Waals surface area contributed by atoms with Gasteiger partial charge in [-0.25, -0.2) is 9.97 Å². The van der Waals surface area contributed by atoms with Crippen molar-refractivity contribution in [2.75, 3.05) is 13.1 Å². The largest absolute Gasteiger partial charge is 0.473 e. The number of pyridine rings is 1. The van der Waals surface area contributed by atoms with Gasteiger partial charge in [-0.2, -0.15) is 18.3 Å². The Hall–Kier alpha value is -3.47. The van der Waals surface area contributed by atoms with Gasteiger partial charge >= 0.3 is 6.18 Å². The second-order valence-electron chi connectivity index (χ2n) is 7.67. The average Bonchev–Trinajstić information content (AvgIpc) is 3.40. The van der Waals surface area contributed by atoms with Gasteiger partial charge in [-0.3, -0.25) is 9.67 Å². The maximum Gasteiger partial charge on any atom is 0.408 e. The number of aromatic nitrogens is 6. The quantitative estimate of drug-likeness (QED) is 0.490. The zero-order chi connectivity index (χ0) is 22.1. The standard InChI is InChI=1S/C21H20F3N7O/c22-21(23,24)12-31-11-14(7-29-31)13-5-16-17(8-28-20(16)27-6-13)18-9-26-10-19(30-18)32-15-1-3-25-4-2-15/h5-11,15,25H,1-4,12H2,(H,27,28). The number of nitrogens with one attached hydrogen (secondary N) is 2. The van der Waals surface area contributed by atoms with E-state index in [4.69, 9.17) is 4.74 Å². The Morgan fingerprint density at radius 2 is 1.94 bits per heavy atom. The van der Waals surface area contributed by atoms with Gasteiger partial charge in [0.25, 0.3) is 0 Å². The SMILES string of the molecule is FC(F)(F)Cn1cc(-c2cnc3[nH]cc(-c4cncc(OC5CCNCC5)n4)c3c2)cn1. The van der Waals surface area contributed by atoms with Crippen LogP contribution >= 0.6 is 0 Å². The fourth-order valence-corrected chi connectivity index (χ4v) is 3.77. The maximum absolute atomic E-state index is 12.6. The minimum absolute atomic E-state index is 0.102. The number of hydrogen-bond donors (Lipinski definition) is 2. The predicted molar refractivity (Wildman–Crippen MR) is 111 cm³/mol. The van der Waals surface area contributed by atoms with Crippen LogP contribution in [-0.2, 0) is 6.54 Å². The summed E-state index contributed by atoms with van der Waals surface area (Å²) in [6.45, 7) is 0.681. The maximum atomic E-state index is 12.6. The third-order valence-electron chi connectivity index (χ3n) is 5.30. The molecule has 1 aliphatic heterocycles. The Kier molecular flexibility index (Phi) is 5.25. The zero-order valence-electron chi connectivity index (χ0n) is 16.9. The van der Waals surface area contributed by atoms with Crippen molar-refractivity contribution < 1.29 is 17.9 Å². The van der Waals surface area contributed by atoms with Gasteiger partial charge in [0, 0.05) is 40.7 Å². The van der Waals surface area contributed by atoms with Crippen LogP contribution in [-0.4, -0.2) is 55.1 Å². The molecule has 0 saturated carbocycles. The van der Waals surface area contributed by atoms with Crippen molar-refractivity contribution in [3.63, 3.8) is 0 Å². The van der Waals surface area contributed by atoms with Gasteiger partial charge in [-0.1, -0.05) is 0 Å². The van der Waals surface area contributed by atoms with Gasteiger partial charge in [-0.15, -0.1) is 0 Å². The summed E-state index contributed by atoms with van der Waals surface area (Å²) in [6, 6.07) is 1.85. The lowest BCUT2D eigenvalue weighted by Gasteiger charge is -2.23. The predicted octanol–water partition coefficient (Wildman–Crippen LogP) is 3.58. The summed E-state index contributed by atoms with van der Waals surface area (Å²) < 4.78 is 44.8. The van der Waals surface area contributed by atoms with Crippen LogP contribution < -0.4 is 10.1 Å². The van der Waals surface area contributed by atoms with Gasteiger partial charge in [0.1, 0.15) is 18.3 Å². The molecule has 1 saturated heterocycles. The molecule has 11 heteroatoms. The van der Waals surface area contributed by atoms with Crippen LogP contribution in [0.3, 0.4) is 0 Å². The third kappa shape index (κ3) is 4.42. The van der Waals surface area contributed by atoms with Crippen LogP contribution in [0.4, 0.5) is 13.2 Å². The molecule has 166 valence electrons. The molecule has 5 rings (SSSR count). The Bertz CT molecular complexity index is 1230. The van der Waals surface area contributed by atoms with Crippen LogP contribution in [0.2, 0.25) is 0 Å². The number of halogens is 3. The summed E-state index contributed by atoms with van der Waals surface area (Å²) in [7, 11) is 0. The molecule has 4 aromatic heterocycles. The highest BCUT2D eigenvalue weighted by Gasteiger charge is 2.28. The van der Waals surface area contributed by atoms with E-state index in [2.05, 4.69) is 30.4 Å². The number of aromatic amines is 1.